The van der Waals surface area contributed by atoms with Gasteiger partial charge < -0.3 is 19.3 Å². The molecule has 28 heavy (non-hydrogen) atoms. The van der Waals surface area contributed by atoms with Crippen LogP contribution in [-0.4, -0.2) is 48.6 Å². The van der Waals surface area contributed by atoms with Gasteiger partial charge in [-0.3, -0.25) is 9.59 Å². The van der Waals surface area contributed by atoms with Crippen LogP contribution in [0.4, 0.5) is 0 Å². The van der Waals surface area contributed by atoms with Crippen molar-refractivity contribution in [2.24, 2.45) is 0 Å². The van der Waals surface area contributed by atoms with Crippen molar-refractivity contribution < 1.29 is 33.7 Å². The third kappa shape index (κ3) is 5.73. The average Bonchev–Trinajstić information content (AvgIpc) is 2.72. The summed E-state index contributed by atoms with van der Waals surface area (Å²) < 4.78 is 15.1. The Labute approximate surface area is 162 Å². The van der Waals surface area contributed by atoms with Crippen LogP contribution in [0, 0.1) is 0 Å². The molecule has 0 spiro atoms. The molecule has 1 N–H and O–H groups in total. The normalized spacial score (nSPS) is 12.7. The molecule has 0 fully saturated rings. The second kappa shape index (κ2) is 9.77. The molecule has 0 saturated heterocycles. The Morgan fingerprint density at radius 1 is 0.964 bits per heavy atom. The van der Waals surface area contributed by atoms with E-state index in [2.05, 4.69) is 0 Å². The number of Topliss-reactive ketones (excluding diaryl/α,β-unsaturated/α-hetero) is 2. The first-order valence-corrected chi connectivity index (χ1v) is 8.56. The highest BCUT2D eigenvalue weighted by molar-refractivity contribution is 6.08. The van der Waals surface area contributed by atoms with Crippen LogP contribution in [0.15, 0.2) is 54.6 Å². The second-order valence-electron chi connectivity index (χ2n) is 6.20. The lowest BCUT2D eigenvalue weighted by Crippen LogP contribution is -2.47. The fourth-order valence-electron chi connectivity index (χ4n) is 2.22. The van der Waals surface area contributed by atoms with Crippen LogP contribution in [0.3, 0.4) is 0 Å². The molecule has 0 aromatic heterocycles. The SMILES string of the molecule is COc1ccc(C(=O)COC(=O)[C@@](C)(O)C(=O)COCc2ccccc2)cc1. The Balaban J connectivity index is 1.83. The number of esters is 1. The summed E-state index contributed by atoms with van der Waals surface area (Å²) in [4.78, 5) is 36.2. The smallest absolute Gasteiger partial charge is 0.346 e. The Morgan fingerprint density at radius 3 is 2.21 bits per heavy atom. The van der Waals surface area contributed by atoms with E-state index < -0.39 is 36.4 Å². The van der Waals surface area contributed by atoms with Crippen LogP contribution in [0.5, 0.6) is 5.75 Å². The van der Waals surface area contributed by atoms with E-state index in [0.717, 1.165) is 12.5 Å². The van der Waals surface area contributed by atoms with Gasteiger partial charge in [-0.25, -0.2) is 4.79 Å². The molecule has 0 aliphatic carbocycles. The molecule has 0 bridgehead atoms. The number of aliphatic hydroxyl groups is 1. The molecular weight excluding hydrogens is 364 g/mol. The number of carbonyl (C=O) groups excluding carboxylic acids is 3. The van der Waals surface area contributed by atoms with E-state index in [1.165, 1.54) is 19.2 Å². The number of hydrogen-bond donors (Lipinski definition) is 1. The van der Waals surface area contributed by atoms with E-state index in [0.29, 0.717) is 11.3 Å². The first kappa shape index (κ1) is 21.3. The minimum absolute atomic E-state index is 0.160. The van der Waals surface area contributed by atoms with Crippen LogP contribution < -0.4 is 4.74 Å². The highest BCUT2D eigenvalue weighted by Crippen LogP contribution is 2.13. The lowest BCUT2D eigenvalue weighted by molar-refractivity contribution is -0.169. The highest BCUT2D eigenvalue weighted by atomic mass is 16.6. The van der Waals surface area contributed by atoms with Crippen molar-refractivity contribution in [2.45, 2.75) is 19.1 Å². The molecule has 2 rings (SSSR count). The Bertz CT molecular complexity index is 810. The molecule has 7 nitrogen and oxygen atoms in total. The number of methoxy groups -OCH3 is 1. The summed E-state index contributed by atoms with van der Waals surface area (Å²) in [6.45, 7) is 0.109. The molecule has 0 amide bonds. The number of carbonyl (C=O) groups is 3. The molecule has 0 aliphatic heterocycles. The molecule has 0 saturated carbocycles. The predicted octanol–water partition coefficient (Wildman–Crippen LogP) is 1.96. The summed E-state index contributed by atoms with van der Waals surface area (Å²) in [5.74, 6) is -1.95. The largest absolute Gasteiger partial charge is 0.497 e. The van der Waals surface area contributed by atoms with Gasteiger partial charge in [0.25, 0.3) is 0 Å². The molecule has 0 radical (unpaired) electrons. The maximum absolute atomic E-state index is 12.1. The number of rotatable bonds is 10. The molecule has 2 aromatic rings. The summed E-state index contributed by atoms with van der Waals surface area (Å²) in [5, 5.41) is 10.2. The second-order valence-corrected chi connectivity index (χ2v) is 6.20. The number of ether oxygens (including phenoxy) is 3. The summed E-state index contributed by atoms with van der Waals surface area (Å²) in [5.41, 5.74) is -1.25. The average molecular weight is 386 g/mol. The number of benzene rings is 2. The summed E-state index contributed by atoms with van der Waals surface area (Å²) in [6, 6.07) is 15.4. The fraction of sp³-hybridized carbons (Fsp3) is 0.286. The Hall–Kier alpha value is -3.03. The standard InChI is InChI=1S/C21H22O7/c1-21(25,19(23)14-27-12-15-6-4-3-5-7-15)20(24)28-13-18(22)16-8-10-17(26-2)11-9-16/h3-11,25H,12-14H2,1-2H3/t21-/m0/s1. The maximum atomic E-state index is 12.1. The molecule has 148 valence electrons. The van der Waals surface area contributed by atoms with E-state index in [1.807, 2.05) is 30.3 Å². The van der Waals surface area contributed by atoms with Gasteiger partial charge in [-0.15, -0.1) is 0 Å². The third-order valence-corrected chi connectivity index (χ3v) is 4.03. The Kier molecular flexibility index (Phi) is 7.43. The van der Waals surface area contributed by atoms with Gasteiger partial charge in [0.05, 0.1) is 13.7 Å². The minimum Gasteiger partial charge on any atom is -0.497 e. The topological polar surface area (TPSA) is 99.1 Å². The maximum Gasteiger partial charge on any atom is 0.346 e. The van der Waals surface area contributed by atoms with Crippen molar-refractivity contribution in [3.63, 3.8) is 0 Å². The van der Waals surface area contributed by atoms with Crippen LogP contribution in [0.1, 0.15) is 22.8 Å². The zero-order valence-corrected chi connectivity index (χ0v) is 15.7. The van der Waals surface area contributed by atoms with Gasteiger partial charge in [0, 0.05) is 5.56 Å². The first-order valence-electron chi connectivity index (χ1n) is 8.56. The van der Waals surface area contributed by atoms with Crippen LogP contribution in [0.25, 0.3) is 0 Å². The quantitative estimate of drug-likeness (QED) is 0.378. The van der Waals surface area contributed by atoms with E-state index in [-0.39, 0.29) is 6.61 Å². The predicted molar refractivity (Wildman–Crippen MR) is 100 cm³/mol. The van der Waals surface area contributed by atoms with Crippen LogP contribution in [0.2, 0.25) is 0 Å². The lowest BCUT2D eigenvalue weighted by atomic mass is 10.0. The molecular formula is C21H22O7. The molecule has 1 atom stereocenters. The van der Waals surface area contributed by atoms with Crippen molar-refractivity contribution >= 4 is 17.5 Å². The zero-order valence-electron chi connectivity index (χ0n) is 15.7. The fourth-order valence-corrected chi connectivity index (χ4v) is 2.22. The molecule has 0 aliphatic rings. The van der Waals surface area contributed by atoms with Crippen molar-refractivity contribution in [3.05, 3.63) is 65.7 Å². The van der Waals surface area contributed by atoms with Gasteiger partial charge in [-0.2, -0.15) is 0 Å². The van der Waals surface area contributed by atoms with Gasteiger partial charge in [-0.05, 0) is 36.8 Å². The van der Waals surface area contributed by atoms with Gasteiger partial charge >= 0.3 is 5.97 Å². The van der Waals surface area contributed by atoms with Gasteiger partial charge in [0.1, 0.15) is 12.4 Å². The van der Waals surface area contributed by atoms with Crippen LogP contribution in [-0.2, 0) is 25.7 Å². The van der Waals surface area contributed by atoms with E-state index in [4.69, 9.17) is 14.2 Å². The lowest BCUT2D eigenvalue weighted by Gasteiger charge is -2.19. The summed E-state index contributed by atoms with van der Waals surface area (Å²) >= 11 is 0. The van der Waals surface area contributed by atoms with Gasteiger partial charge in [0.2, 0.25) is 11.4 Å². The monoisotopic (exact) mass is 386 g/mol. The first-order chi connectivity index (χ1) is 13.3. The van der Waals surface area contributed by atoms with Crippen molar-refractivity contribution in [1.82, 2.24) is 0 Å². The van der Waals surface area contributed by atoms with Crippen molar-refractivity contribution in [2.75, 3.05) is 20.3 Å². The van der Waals surface area contributed by atoms with Crippen LogP contribution >= 0.6 is 0 Å². The molecule has 0 unspecified atom stereocenters. The molecule has 7 heteroatoms. The molecule has 2 aromatic carbocycles. The van der Waals surface area contributed by atoms with Crippen molar-refractivity contribution in [3.8, 4) is 5.75 Å². The molecule has 0 heterocycles. The number of hydrogen-bond acceptors (Lipinski definition) is 7. The van der Waals surface area contributed by atoms with E-state index in [1.54, 1.807) is 12.1 Å². The van der Waals surface area contributed by atoms with Gasteiger partial charge in [0.15, 0.2) is 12.4 Å². The minimum atomic E-state index is -2.41. The summed E-state index contributed by atoms with van der Waals surface area (Å²) in [6.07, 6.45) is 0. The number of ketones is 2. The van der Waals surface area contributed by atoms with E-state index in [9.17, 15) is 19.5 Å². The zero-order chi connectivity index (χ0) is 20.6. The van der Waals surface area contributed by atoms with Gasteiger partial charge in [-0.1, -0.05) is 30.3 Å². The highest BCUT2D eigenvalue weighted by Gasteiger charge is 2.40. The summed E-state index contributed by atoms with van der Waals surface area (Å²) in [7, 11) is 1.50. The Morgan fingerprint density at radius 2 is 1.61 bits per heavy atom. The third-order valence-electron chi connectivity index (χ3n) is 4.03. The van der Waals surface area contributed by atoms with E-state index >= 15 is 0 Å². The van der Waals surface area contributed by atoms with Crippen molar-refractivity contribution in [1.29, 1.82) is 0 Å².